The fourth-order valence-corrected chi connectivity index (χ4v) is 2.66. The van der Waals surface area contributed by atoms with Crippen LogP contribution in [0, 0.1) is 11.3 Å². The van der Waals surface area contributed by atoms with Crippen molar-refractivity contribution in [3.05, 3.63) is 29.3 Å². The Morgan fingerprint density at radius 2 is 1.71 bits per heavy atom. The Hall–Kier alpha value is -1.49. The van der Waals surface area contributed by atoms with Gasteiger partial charge < -0.3 is 4.74 Å². The maximum absolute atomic E-state index is 9.08. The smallest absolute Gasteiger partial charge is 0.120 e. The Bertz CT molecular complexity index is 447. The summed E-state index contributed by atoms with van der Waals surface area (Å²) >= 11 is 0. The van der Waals surface area contributed by atoms with Gasteiger partial charge >= 0.3 is 0 Å². The third kappa shape index (κ3) is 6.67. The summed E-state index contributed by atoms with van der Waals surface area (Å²) in [5.74, 6) is 1.28. The van der Waals surface area contributed by atoms with Crippen LogP contribution >= 0.6 is 0 Å². The molecule has 116 valence electrons. The van der Waals surface area contributed by atoms with E-state index < -0.39 is 0 Å². The molecule has 21 heavy (non-hydrogen) atoms. The first kappa shape index (κ1) is 17.6. The lowest BCUT2D eigenvalue weighted by Gasteiger charge is -2.13. The molecule has 1 atom stereocenters. The Morgan fingerprint density at radius 1 is 1.05 bits per heavy atom. The molecule has 0 heterocycles. The molecular weight excluding hydrogens is 258 g/mol. The van der Waals surface area contributed by atoms with Crippen LogP contribution in [0.3, 0.4) is 0 Å². The van der Waals surface area contributed by atoms with Crippen LogP contribution in [0.15, 0.2) is 18.2 Å². The van der Waals surface area contributed by atoms with Crippen molar-refractivity contribution >= 4 is 0 Å². The molecule has 0 aromatic heterocycles. The van der Waals surface area contributed by atoms with E-state index in [4.69, 9.17) is 10.00 Å². The number of benzene rings is 1. The number of methoxy groups -OCH3 is 1. The van der Waals surface area contributed by atoms with Crippen LogP contribution in [0.25, 0.3) is 0 Å². The highest BCUT2D eigenvalue weighted by molar-refractivity contribution is 5.41. The van der Waals surface area contributed by atoms with E-state index in [1.165, 1.54) is 56.9 Å². The van der Waals surface area contributed by atoms with Crippen LogP contribution in [0.2, 0.25) is 0 Å². The minimum absolute atomic E-state index is 0.489. The van der Waals surface area contributed by atoms with E-state index in [9.17, 15) is 0 Å². The van der Waals surface area contributed by atoms with Gasteiger partial charge in [0, 0.05) is 0 Å². The first-order valence-corrected chi connectivity index (χ1v) is 8.30. The van der Waals surface area contributed by atoms with Crippen molar-refractivity contribution in [1.82, 2.24) is 0 Å². The van der Waals surface area contributed by atoms with Gasteiger partial charge in [-0.2, -0.15) is 5.26 Å². The van der Waals surface area contributed by atoms with Gasteiger partial charge in [-0.05, 0) is 36.1 Å². The van der Waals surface area contributed by atoms with E-state index in [0.29, 0.717) is 11.5 Å². The molecule has 0 saturated carbocycles. The Kier molecular flexibility index (Phi) is 8.59. The van der Waals surface area contributed by atoms with Crippen LogP contribution in [-0.2, 0) is 0 Å². The highest BCUT2D eigenvalue weighted by Gasteiger charge is 2.08. The topological polar surface area (TPSA) is 33.0 Å². The second-order valence-corrected chi connectivity index (χ2v) is 5.92. The maximum Gasteiger partial charge on any atom is 0.120 e. The van der Waals surface area contributed by atoms with E-state index in [1.807, 2.05) is 6.07 Å². The zero-order valence-corrected chi connectivity index (χ0v) is 13.8. The summed E-state index contributed by atoms with van der Waals surface area (Å²) in [5.41, 5.74) is 1.91. The number of hydrogen-bond donors (Lipinski definition) is 0. The summed E-state index contributed by atoms with van der Waals surface area (Å²) in [4.78, 5) is 0. The summed E-state index contributed by atoms with van der Waals surface area (Å²) in [7, 11) is 1.65. The fourth-order valence-electron chi connectivity index (χ4n) is 2.66. The highest BCUT2D eigenvalue weighted by Crippen LogP contribution is 2.27. The molecular formula is C19H29NO. The maximum atomic E-state index is 9.08. The van der Waals surface area contributed by atoms with Crippen molar-refractivity contribution < 1.29 is 4.74 Å². The van der Waals surface area contributed by atoms with Crippen LogP contribution in [0.4, 0.5) is 0 Å². The fraction of sp³-hybridized carbons (Fsp3) is 0.632. The Labute approximate surface area is 130 Å². The summed E-state index contributed by atoms with van der Waals surface area (Å²) in [6.07, 6.45) is 10.6. The van der Waals surface area contributed by atoms with Crippen molar-refractivity contribution in [2.75, 3.05) is 7.11 Å². The summed E-state index contributed by atoms with van der Waals surface area (Å²) in [6.45, 7) is 4.50. The predicted molar refractivity (Wildman–Crippen MR) is 88.7 cm³/mol. The minimum atomic E-state index is 0.489. The largest absolute Gasteiger partial charge is 0.497 e. The lowest BCUT2D eigenvalue weighted by Crippen LogP contribution is -1.96. The number of hydrogen-bond acceptors (Lipinski definition) is 2. The molecule has 1 aromatic rings. The van der Waals surface area contributed by atoms with Crippen molar-refractivity contribution in [3.8, 4) is 11.8 Å². The third-order valence-corrected chi connectivity index (χ3v) is 4.10. The monoisotopic (exact) mass is 287 g/mol. The molecule has 0 amide bonds. The van der Waals surface area contributed by atoms with Gasteiger partial charge in [0.15, 0.2) is 0 Å². The summed E-state index contributed by atoms with van der Waals surface area (Å²) in [6, 6.07) is 8.07. The van der Waals surface area contributed by atoms with Gasteiger partial charge in [-0.1, -0.05) is 58.8 Å². The lowest BCUT2D eigenvalue weighted by atomic mass is 9.93. The minimum Gasteiger partial charge on any atom is -0.497 e. The summed E-state index contributed by atoms with van der Waals surface area (Å²) < 4.78 is 5.28. The first-order valence-electron chi connectivity index (χ1n) is 8.30. The zero-order chi connectivity index (χ0) is 15.5. The normalized spacial score (nSPS) is 11.9. The SMILES string of the molecule is CCCCCCCCCC(C)c1cc(C#N)cc(OC)c1. The van der Waals surface area contributed by atoms with E-state index in [0.717, 1.165) is 5.75 Å². The van der Waals surface area contributed by atoms with Gasteiger partial charge in [-0.3, -0.25) is 0 Å². The molecule has 0 radical (unpaired) electrons. The van der Waals surface area contributed by atoms with Gasteiger partial charge in [0.2, 0.25) is 0 Å². The van der Waals surface area contributed by atoms with Crippen LogP contribution in [0.1, 0.15) is 82.3 Å². The average Bonchev–Trinajstić information content (AvgIpc) is 2.53. The van der Waals surface area contributed by atoms with Crippen LogP contribution < -0.4 is 4.74 Å². The van der Waals surface area contributed by atoms with Gasteiger partial charge in [-0.25, -0.2) is 0 Å². The van der Waals surface area contributed by atoms with Crippen LogP contribution in [0.5, 0.6) is 5.75 Å². The number of rotatable bonds is 10. The molecule has 0 bridgehead atoms. The standard InChI is InChI=1S/C19H29NO/c1-4-5-6-7-8-9-10-11-16(2)18-12-17(15-20)13-19(14-18)21-3/h12-14,16H,4-11H2,1-3H3. The lowest BCUT2D eigenvalue weighted by molar-refractivity contribution is 0.413. The number of nitriles is 1. The van der Waals surface area contributed by atoms with Crippen molar-refractivity contribution in [3.63, 3.8) is 0 Å². The van der Waals surface area contributed by atoms with E-state index in [2.05, 4.69) is 26.0 Å². The van der Waals surface area contributed by atoms with Gasteiger partial charge in [-0.15, -0.1) is 0 Å². The van der Waals surface area contributed by atoms with Crippen molar-refractivity contribution in [2.45, 2.75) is 71.1 Å². The van der Waals surface area contributed by atoms with Gasteiger partial charge in [0.1, 0.15) is 5.75 Å². The Balaban J connectivity index is 2.38. The van der Waals surface area contributed by atoms with Crippen molar-refractivity contribution in [2.24, 2.45) is 0 Å². The predicted octanol–water partition coefficient (Wildman–Crippen LogP) is 5.81. The van der Waals surface area contributed by atoms with E-state index in [-0.39, 0.29) is 0 Å². The zero-order valence-electron chi connectivity index (χ0n) is 13.8. The van der Waals surface area contributed by atoms with E-state index >= 15 is 0 Å². The quantitative estimate of drug-likeness (QED) is 0.509. The number of unbranched alkanes of at least 4 members (excludes halogenated alkanes) is 6. The Morgan fingerprint density at radius 3 is 2.33 bits per heavy atom. The molecule has 0 aliphatic carbocycles. The molecule has 0 fully saturated rings. The molecule has 1 unspecified atom stereocenters. The van der Waals surface area contributed by atoms with Gasteiger partial charge in [0.05, 0.1) is 18.7 Å². The molecule has 2 nitrogen and oxygen atoms in total. The molecule has 0 spiro atoms. The molecule has 1 rings (SSSR count). The number of ether oxygens (including phenoxy) is 1. The second-order valence-electron chi connectivity index (χ2n) is 5.92. The van der Waals surface area contributed by atoms with Gasteiger partial charge in [0.25, 0.3) is 0 Å². The molecule has 1 aromatic carbocycles. The van der Waals surface area contributed by atoms with Crippen LogP contribution in [-0.4, -0.2) is 7.11 Å². The molecule has 2 heteroatoms. The summed E-state index contributed by atoms with van der Waals surface area (Å²) in [5, 5.41) is 9.08. The van der Waals surface area contributed by atoms with E-state index in [1.54, 1.807) is 13.2 Å². The second kappa shape index (κ2) is 10.3. The number of nitrogens with zero attached hydrogens (tertiary/aromatic N) is 1. The molecule has 0 aliphatic heterocycles. The van der Waals surface area contributed by atoms with Crippen molar-refractivity contribution in [1.29, 1.82) is 5.26 Å². The molecule has 0 aliphatic rings. The highest BCUT2D eigenvalue weighted by atomic mass is 16.5. The average molecular weight is 287 g/mol. The molecule has 0 N–H and O–H groups in total. The third-order valence-electron chi connectivity index (χ3n) is 4.10. The molecule has 0 saturated heterocycles. The first-order chi connectivity index (χ1) is 10.2.